The average molecular weight is 495 g/mol. The van der Waals surface area contributed by atoms with Crippen molar-refractivity contribution in [2.75, 3.05) is 23.1 Å². The monoisotopic (exact) mass is 494 g/mol. The molecule has 34 heavy (non-hydrogen) atoms. The Kier molecular flexibility index (Phi) is 5.75. The Morgan fingerprint density at radius 1 is 1.15 bits per heavy atom. The number of hydrogen-bond donors (Lipinski definition) is 2. The van der Waals surface area contributed by atoms with Crippen molar-refractivity contribution < 1.29 is 9.00 Å². The molecule has 1 amide bonds. The van der Waals surface area contributed by atoms with Crippen molar-refractivity contribution in [2.24, 2.45) is 10.3 Å². The molecule has 2 N–H and O–H groups in total. The van der Waals surface area contributed by atoms with Gasteiger partial charge in [0.1, 0.15) is 5.02 Å². The van der Waals surface area contributed by atoms with E-state index in [1.165, 1.54) is 0 Å². The molecule has 2 heterocycles. The largest absolute Gasteiger partial charge is 0.325 e. The summed E-state index contributed by atoms with van der Waals surface area (Å²) in [5.74, 6) is 1.07. The molecule has 10 heteroatoms. The van der Waals surface area contributed by atoms with Crippen LogP contribution in [-0.4, -0.2) is 37.2 Å². The number of benzene rings is 2. The number of rotatable bonds is 6. The molecule has 4 aromatic rings. The minimum absolute atomic E-state index is 0.0610. The Morgan fingerprint density at radius 2 is 1.91 bits per heavy atom. The predicted molar refractivity (Wildman–Crippen MR) is 137 cm³/mol. The number of carbonyl (C=O) groups is 1. The molecular formula is C24H23ClN6O2S. The van der Waals surface area contributed by atoms with Crippen molar-refractivity contribution in [1.29, 1.82) is 0 Å². The van der Waals surface area contributed by atoms with Crippen LogP contribution in [0, 0.1) is 5.92 Å². The summed E-state index contributed by atoms with van der Waals surface area (Å²) in [6.07, 6.45) is 8.51. The third-order valence-corrected chi connectivity index (χ3v) is 6.26. The molecule has 0 atom stereocenters. The van der Waals surface area contributed by atoms with Gasteiger partial charge in [0.15, 0.2) is 5.82 Å². The van der Waals surface area contributed by atoms with Crippen LogP contribution in [-0.2, 0) is 14.5 Å². The van der Waals surface area contributed by atoms with Crippen LogP contribution in [0.2, 0.25) is 5.02 Å². The Morgan fingerprint density at radius 3 is 2.62 bits per heavy atom. The first-order valence-corrected chi connectivity index (χ1v) is 13.5. The van der Waals surface area contributed by atoms with E-state index in [4.69, 9.17) is 11.6 Å². The third kappa shape index (κ3) is 4.90. The van der Waals surface area contributed by atoms with Gasteiger partial charge in [0, 0.05) is 45.4 Å². The summed E-state index contributed by atoms with van der Waals surface area (Å²) >= 11 is 6.46. The molecule has 2 aromatic heterocycles. The normalized spacial score (nSPS) is 13.6. The fourth-order valence-corrected chi connectivity index (χ4v) is 4.43. The van der Waals surface area contributed by atoms with Crippen molar-refractivity contribution >= 4 is 61.2 Å². The van der Waals surface area contributed by atoms with Crippen LogP contribution in [0.5, 0.6) is 0 Å². The standard InChI is InChI=1S/C24H23ClN6O2S/c1-34(2,33)30-17-10-8-16(9-11-17)27-24-26-14-19(25)22(29-24)31-13-12-18-20(4-3-5-21(18)31)28-23(32)15-6-7-15/h3-5,8-15H,6-7H2,1-2H3,(H,28,32)(H,26,27,29). The number of anilines is 3. The summed E-state index contributed by atoms with van der Waals surface area (Å²) in [4.78, 5) is 21.2. The molecule has 0 unspecified atom stereocenters. The molecule has 1 aliphatic rings. The third-order valence-electron chi connectivity index (χ3n) is 5.34. The Balaban J connectivity index is 1.44. The quantitative estimate of drug-likeness (QED) is 0.367. The van der Waals surface area contributed by atoms with Crippen molar-refractivity contribution in [2.45, 2.75) is 12.8 Å². The van der Waals surface area contributed by atoms with Crippen LogP contribution in [0.4, 0.5) is 23.0 Å². The molecule has 0 spiro atoms. The zero-order valence-electron chi connectivity index (χ0n) is 18.7. The van der Waals surface area contributed by atoms with Gasteiger partial charge in [-0.1, -0.05) is 17.7 Å². The van der Waals surface area contributed by atoms with Gasteiger partial charge < -0.3 is 10.6 Å². The van der Waals surface area contributed by atoms with Crippen LogP contribution in [0.1, 0.15) is 12.8 Å². The number of halogens is 1. The van der Waals surface area contributed by atoms with Gasteiger partial charge in [-0.05, 0) is 55.3 Å². The molecule has 8 nitrogen and oxygen atoms in total. The van der Waals surface area contributed by atoms with Gasteiger partial charge in [-0.3, -0.25) is 9.36 Å². The average Bonchev–Trinajstić information content (AvgIpc) is 3.55. The molecule has 5 rings (SSSR count). The first-order valence-electron chi connectivity index (χ1n) is 10.7. The lowest BCUT2D eigenvalue weighted by Gasteiger charge is -2.11. The van der Waals surface area contributed by atoms with E-state index in [9.17, 15) is 9.00 Å². The lowest BCUT2D eigenvalue weighted by atomic mass is 10.2. The SMILES string of the molecule is CS(C)(=O)=Nc1ccc(Nc2ncc(Cl)c(-n3ccc4c(NC(=O)C5CC5)cccc43)n2)cc1. The zero-order chi connectivity index (χ0) is 23.9. The number of amides is 1. The summed E-state index contributed by atoms with van der Waals surface area (Å²) < 4.78 is 17.9. The highest BCUT2D eigenvalue weighted by molar-refractivity contribution is 7.92. The van der Waals surface area contributed by atoms with Crippen molar-refractivity contribution in [3.05, 3.63) is 65.9 Å². The van der Waals surface area contributed by atoms with Crippen molar-refractivity contribution in [3.8, 4) is 5.82 Å². The maximum absolute atomic E-state index is 12.3. The number of hydrogen-bond acceptors (Lipinski definition) is 6. The van der Waals surface area contributed by atoms with E-state index < -0.39 is 9.73 Å². The van der Waals surface area contributed by atoms with E-state index in [1.807, 2.05) is 47.2 Å². The van der Waals surface area contributed by atoms with Crippen molar-refractivity contribution in [1.82, 2.24) is 14.5 Å². The lowest BCUT2D eigenvalue weighted by molar-refractivity contribution is -0.117. The van der Waals surface area contributed by atoms with Crippen LogP contribution < -0.4 is 10.6 Å². The van der Waals surface area contributed by atoms with Gasteiger partial charge in [-0.2, -0.15) is 9.35 Å². The zero-order valence-corrected chi connectivity index (χ0v) is 20.2. The second-order valence-electron chi connectivity index (χ2n) is 8.50. The van der Waals surface area contributed by atoms with Gasteiger partial charge in [0.25, 0.3) is 0 Å². The maximum atomic E-state index is 12.3. The lowest BCUT2D eigenvalue weighted by Crippen LogP contribution is -2.13. The number of nitrogens with zero attached hydrogens (tertiary/aromatic N) is 4. The molecule has 0 radical (unpaired) electrons. The molecule has 174 valence electrons. The van der Waals surface area contributed by atoms with Gasteiger partial charge in [-0.15, -0.1) is 0 Å². The Labute approximate surface area is 202 Å². The summed E-state index contributed by atoms with van der Waals surface area (Å²) in [5.41, 5.74) is 3.04. The van der Waals surface area contributed by atoms with Gasteiger partial charge in [-0.25, -0.2) is 9.19 Å². The van der Waals surface area contributed by atoms with E-state index in [0.717, 1.165) is 35.1 Å². The fraction of sp³-hybridized carbons (Fsp3) is 0.208. The number of carbonyl (C=O) groups excluding carboxylic acids is 1. The molecular weight excluding hydrogens is 472 g/mol. The predicted octanol–water partition coefficient (Wildman–Crippen LogP) is 5.53. The smallest absolute Gasteiger partial charge is 0.229 e. The highest BCUT2D eigenvalue weighted by Crippen LogP contribution is 2.33. The van der Waals surface area contributed by atoms with E-state index in [0.29, 0.717) is 22.5 Å². The van der Waals surface area contributed by atoms with Gasteiger partial charge in [0.05, 0.1) is 23.1 Å². The molecule has 0 aliphatic heterocycles. The maximum Gasteiger partial charge on any atom is 0.229 e. The highest BCUT2D eigenvalue weighted by Gasteiger charge is 2.30. The molecule has 1 saturated carbocycles. The second kappa shape index (κ2) is 8.73. The summed E-state index contributed by atoms with van der Waals surface area (Å²) in [6, 6.07) is 14.9. The fourth-order valence-electron chi connectivity index (χ4n) is 3.62. The van der Waals surface area contributed by atoms with Crippen LogP contribution in [0.25, 0.3) is 16.7 Å². The molecule has 0 saturated heterocycles. The molecule has 0 bridgehead atoms. The number of aromatic nitrogens is 3. The van der Waals surface area contributed by atoms with E-state index >= 15 is 0 Å². The minimum atomic E-state index is -2.22. The van der Waals surface area contributed by atoms with Crippen LogP contribution in [0.3, 0.4) is 0 Å². The summed E-state index contributed by atoms with van der Waals surface area (Å²) in [5, 5.41) is 7.50. The molecule has 1 fully saturated rings. The number of nitrogens with one attached hydrogen (secondary N) is 2. The summed E-state index contributed by atoms with van der Waals surface area (Å²) in [6.45, 7) is 0. The molecule has 1 aliphatic carbocycles. The Hall–Kier alpha value is -3.43. The highest BCUT2D eigenvalue weighted by atomic mass is 35.5. The Bertz CT molecular complexity index is 1510. The van der Waals surface area contributed by atoms with Gasteiger partial charge >= 0.3 is 0 Å². The first-order chi connectivity index (χ1) is 16.3. The van der Waals surface area contributed by atoms with Crippen molar-refractivity contribution in [3.63, 3.8) is 0 Å². The number of fused-ring (bicyclic) bond motifs is 1. The van der Waals surface area contributed by atoms with Gasteiger partial charge in [0.2, 0.25) is 11.9 Å². The first kappa shape index (κ1) is 22.4. The topological polar surface area (TPSA) is 101 Å². The van der Waals surface area contributed by atoms with Crippen LogP contribution >= 0.6 is 11.6 Å². The molecule has 2 aromatic carbocycles. The minimum Gasteiger partial charge on any atom is -0.325 e. The van der Waals surface area contributed by atoms with E-state index in [2.05, 4.69) is 25.0 Å². The summed E-state index contributed by atoms with van der Waals surface area (Å²) in [7, 11) is -2.22. The van der Waals surface area contributed by atoms with E-state index in [1.54, 1.807) is 30.8 Å². The van der Waals surface area contributed by atoms with E-state index in [-0.39, 0.29) is 11.8 Å². The second-order valence-corrected chi connectivity index (χ2v) is 11.4. The van der Waals surface area contributed by atoms with Crippen LogP contribution in [0.15, 0.2) is 65.3 Å².